The Bertz CT molecular complexity index is 609. The first-order valence-electron chi connectivity index (χ1n) is 9.36. The van der Waals surface area contributed by atoms with E-state index in [1.807, 2.05) is 4.90 Å². The van der Waals surface area contributed by atoms with Crippen LogP contribution in [0.2, 0.25) is 5.02 Å². The molecule has 4 nitrogen and oxygen atoms in total. The molecule has 3 rings (SSSR count). The number of amides is 1. The van der Waals surface area contributed by atoms with Crippen LogP contribution in [0.3, 0.4) is 0 Å². The summed E-state index contributed by atoms with van der Waals surface area (Å²) in [6.45, 7) is 5.17. The Balaban J connectivity index is 1.49. The number of carbonyl (C=O) groups excluding carboxylic acids is 2. The molecule has 0 N–H and O–H groups in total. The molecule has 0 aliphatic carbocycles. The molecule has 0 aromatic heterocycles. The third-order valence-corrected chi connectivity index (χ3v) is 5.82. The summed E-state index contributed by atoms with van der Waals surface area (Å²) in [4.78, 5) is 29.4. The minimum Gasteiger partial charge on any atom is -0.339 e. The zero-order valence-electron chi connectivity index (χ0n) is 14.9. The molecule has 0 saturated carbocycles. The van der Waals surface area contributed by atoms with Crippen LogP contribution < -0.4 is 0 Å². The third-order valence-electron chi connectivity index (χ3n) is 5.57. The summed E-state index contributed by atoms with van der Waals surface area (Å²) in [6.07, 6.45) is 5.11. The molecule has 1 amide bonds. The lowest BCUT2D eigenvalue weighted by atomic mass is 9.89. The lowest BCUT2D eigenvalue weighted by Crippen LogP contribution is -2.48. The molecule has 2 saturated heterocycles. The van der Waals surface area contributed by atoms with Gasteiger partial charge in [-0.05, 0) is 76.4 Å². The smallest absolute Gasteiger partial charge is 0.236 e. The number of benzene rings is 1. The first-order valence-corrected chi connectivity index (χ1v) is 9.74. The number of hydrogen-bond acceptors (Lipinski definition) is 3. The second-order valence-corrected chi connectivity index (χ2v) is 7.79. The molecular formula is C20H27ClN2O2. The molecule has 2 aliphatic rings. The molecule has 5 heteroatoms. The van der Waals surface area contributed by atoms with Crippen LogP contribution in [0.25, 0.3) is 0 Å². The van der Waals surface area contributed by atoms with E-state index in [2.05, 4.69) is 11.8 Å². The van der Waals surface area contributed by atoms with Crippen LogP contribution in [0.4, 0.5) is 0 Å². The maximum atomic E-state index is 12.6. The van der Waals surface area contributed by atoms with Crippen molar-refractivity contribution >= 4 is 23.3 Å². The van der Waals surface area contributed by atoms with Crippen LogP contribution >= 0.6 is 11.6 Å². The van der Waals surface area contributed by atoms with Gasteiger partial charge in [0.25, 0.3) is 0 Å². The molecule has 2 aliphatic heterocycles. The first-order chi connectivity index (χ1) is 12.0. The van der Waals surface area contributed by atoms with Crippen molar-refractivity contribution < 1.29 is 9.59 Å². The van der Waals surface area contributed by atoms with E-state index in [4.69, 9.17) is 11.6 Å². The minimum atomic E-state index is 0.0569. The second kappa shape index (κ2) is 8.33. The van der Waals surface area contributed by atoms with Crippen LogP contribution in [-0.4, -0.2) is 53.7 Å². The Labute approximate surface area is 155 Å². The fraction of sp³-hybridized carbons (Fsp3) is 0.600. The van der Waals surface area contributed by atoms with Crippen LogP contribution in [-0.2, 0) is 4.79 Å². The summed E-state index contributed by atoms with van der Waals surface area (Å²) in [5, 5.41) is 0.650. The van der Waals surface area contributed by atoms with Crippen molar-refractivity contribution in [2.24, 2.45) is 5.92 Å². The Morgan fingerprint density at radius 3 is 2.36 bits per heavy atom. The van der Waals surface area contributed by atoms with Crippen molar-refractivity contribution in [2.75, 3.05) is 26.2 Å². The maximum Gasteiger partial charge on any atom is 0.236 e. The minimum absolute atomic E-state index is 0.0569. The molecule has 0 radical (unpaired) electrons. The SMILES string of the molecule is C[C@H]1CCCCN1C(=O)CN1CCC(C(=O)c2ccc(Cl)cc2)CC1. The molecular weight excluding hydrogens is 336 g/mol. The highest BCUT2D eigenvalue weighted by atomic mass is 35.5. The van der Waals surface area contributed by atoms with Crippen LogP contribution in [0.15, 0.2) is 24.3 Å². The molecule has 25 heavy (non-hydrogen) atoms. The summed E-state index contributed by atoms with van der Waals surface area (Å²) in [7, 11) is 0. The van der Waals surface area contributed by atoms with Crippen molar-refractivity contribution in [1.82, 2.24) is 9.80 Å². The number of likely N-dealkylation sites (tertiary alicyclic amines) is 2. The Morgan fingerprint density at radius 1 is 1.04 bits per heavy atom. The van der Waals surface area contributed by atoms with Gasteiger partial charge in [-0.3, -0.25) is 14.5 Å². The van der Waals surface area contributed by atoms with Gasteiger partial charge in [0.2, 0.25) is 5.91 Å². The number of rotatable bonds is 4. The topological polar surface area (TPSA) is 40.6 Å². The van der Waals surface area contributed by atoms with Gasteiger partial charge in [0, 0.05) is 29.1 Å². The van der Waals surface area contributed by atoms with E-state index in [-0.39, 0.29) is 17.6 Å². The van der Waals surface area contributed by atoms with Gasteiger partial charge >= 0.3 is 0 Å². The number of carbonyl (C=O) groups is 2. The van der Waals surface area contributed by atoms with Gasteiger partial charge in [-0.2, -0.15) is 0 Å². The number of nitrogens with zero attached hydrogens (tertiary/aromatic N) is 2. The second-order valence-electron chi connectivity index (χ2n) is 7.35. The van der Waals surface area contributed by atoms with Gasteiger partial charge in [0.05, 0.1) is 6.54 Å². The monoisotopic (exact) mass is 362 g/mol. The van der Waals surface area contributed by atoms with Crippen molar-refractivity contribution in [3.05, 3.63) is 34.9 Å². The number of halogens is 1. The van der Waals surface area contributed by atoms with Crippen LogP contribution in [0, 0.1) is 5.92 Å². The predicted molar refractivity (Wildman–Crippen MR) is 100.0 cm³/mol. The van der Waals surface area contributed by atoms with E-state index in [1.165, 1.54) is 6.42 Å². The molecule has 1 aromatic rings. The van der Waals surface area contributed by atoms with E-state index < -0.39 is 0 Å². The number of hydrogen-bond donors (Lipinski definition) is 0. The van der Waals surface area contributed by atoms with Gasteiger partial charge in [-0.1, -0.05) is 11.6 Å². The lowest BCUT2D eigenvalue weighted by Gasteiger charge is -2.36. The van der Waals surface area contributed by atoms with E-state index in [1.54, 1.807) is 24.3 Å². The molecule has 0 unspecified atom stereocenters. The summed E-state index contributed by atoms with van der Waals surface area (Å²) in [5.41, 5.74) is 0.737. The fourth-order valence-electron chi connectivity index (χ4n) is 3.95. The van der Waals surface area contributed by atoms with Crippen LogP contribution in [0.5, 0.6) is 0 Å². The quantitative estimate of drug-likeness (QED) is 0.768. The highest BCUT2D eigenvalue weighted by Gasteiger charge is 2.29. The van der Waals surface area contributed by atoms with E-state index in [0.717, 1.165) is 50.9 Å². The highest BCUT2D eigenvalue weighted by molar-refractivity contribution is 6.30. The summed E-state index contributed by atoms with van der Waals surface area (Å²) in [6, 6.07) is 7.51. The molecule has 1 aromatic carbocycles. The molecule has 1 atom stereocenters. The lowest BCUT2D eigenvalue weighted by molar-refractivity contribution is -0.135. The van der Waals surface area contributed by atoms with Crippen molar-refractivity contribution in [3.8, 4) is 0 Å². The Hall–Kier alpha value is -1.39. The number of piperidine rings is 2. The van der Waals surface area contributed by atoms with Gasteiger partial charge in [-0.15, -0.1) is 0 Å². The predicted octanol–water partition coefficient (Wildman–Crippen LogP) is 3.64. The maximum absolute atomic E-state index is 12.6. The molecule has 2 heterocycles. The normalized spacial score (nSPS) is 22.8. The van der Waals surface area contributed by atoms with Crippen molar-refractivity contribution in [2.45, 2.75) is 45.1 Å². The Morgan fingerprint density at radius 2 is 1.72 bits per heavy atom. The third kappa shape index (κ3) is 4.62. The van der Waals surface area contributed by atoms with E-state index in [0.29, 0.717) is 17.6 Å². The molecule has 0 bridgehead atoms. The highest BCUT2D eigenvalue weighted by Crippen LogP contribution is 2.23. The molecule has 0 spiro atoms. The van der Waals surface area contributed by atoms with Gasteiger partial charge in [0.15, 0.2) is 5.78 Å². The van der Waals surface area contributed by atoms with Gasteiger partial charge in [-0.25, -0.2) is 0 Å². The summed E-state index contributed by atoms with van der Waals surface area (Å²) >= 11 is 5.89. The zero-order valence-corrected chi connectivity index (χ0v) is 15.7. The average molecular weight is 363 g/mol. The van der Waals surface area contributed by atoms with Crippen molar-refractivity contribution in [1.29, 1.82) is 0 Å². The van der Waals surface area contributed by atoms with Crippen molar-refractivity contribution in [3.63, 3.8) is 0 Å². The number of ketones is 1. The van der Waals surface area contributed by atoms with E-state index in [9.17, 15) is 9.59 Å². The Kier molecular flexibility index (Phi) is 6.13. The average Bonchev–Trinajstić information content (AvgIpc) is 2.63. The standard InChI is InChI=1S/C20H27ClN2O2/c1-15-4-2-3-11-23(15)19(24)14-22-12-9-17(10-13-22)20(25)16-5-7-18(21)8-6-16/h5-8,15,17H,2-4,9-14H2,1H3/t15-/m0/s1. The van der Waals surface area contributed by atoms with Gasteiger partial charge in [0.1, 0.15) is 0 Å². The van der Waals surface area contributed by atoms with Gasteiger partial charge < -0.3 is 4.90 Å². The number of Topliss-reactive ketones (excluding diaryl/α,β-unsaturated/α-hetero) is 1. The summed E-state index contributed by atoms with van der Waals surface area (Å²) in [5.74, 6) is 0.503. The zero-order chi connectivity index (χ0) is 17.8. The van der Waals surface area contributed by atoms with Crippen LogP contribution in [0.1, 0.15) is 49.4 Å². The summed E-state index contributed by atoms with van der Waals surface area (Å²) < 4.78 is 0. The molecule has 136 valence electrons. The largest absolute Gasteiger partial charge is 0.339 e. The fourth-order valence-corrected chi connectivity index (χ4v) is 4.08. The first kappa shape index (κ1) is 18.4. The molecule has 2 fully saturated rings. The van der Waals surface area contributed by atoms with E-state index >= 15 is 0 Å².